The number of carboxylic acid groups (broad SMARTS) is 1. The van der Waals surface area contributed by atoms with Crippen molar-refractivity contribution >= 4 is 33.3 Å². The fraction of sp³-hybridized carbons (Fsp3) is 0.333. The van der Waals surface area contributed by atoms with Gasteiger partial charge in [-0.3, -0.25) is 4.79 Å². The molecule has 21 heavy (non-hydrogen) atoms. The highest BCUT2D eigenvalue weighted by Crippen LogP contribution is 2.23. The number of hydrogen-bond donors (Lipinski definition) is 2. The van der Waals surface area contributed by atoms with Crippen LogP contribution in [0.4, 0.5) is 0 Å². The largest absolute Gasteiger partial charge is 0.478 e. The zero-order valence-electron chi connectivity index (χ0n) is 11.1. The first-order valence-electron chi connectivity index (χ1n) is 5.79. The molecule has 0 fully saturated rings. The Kier molecular flexibility index (Phi) is 6.13. The van der Waals surface area contributed by atoms with Crippen molar-refractivity contribution in [2.75, 3.05) is 26.0 Å². The van der Waals surface area contributed by atoms with E-state index in [-0.39, 0.29) is 28.6 Å². The van der Waals surface area contributed by atoms with Crippen LogP contribution in [-0.2, 0) is 19.4 Å². The van der Waals surface area contributed by atoms with Crippen molar-refractivity contribution in [3.63, 3.8) is 0 Å². The normalized spacial score (nSPS) is 11.1. The Balaban J connectivity index is 2.95. The van der Waals surface area contributed by atoms with Crippen LogP contribution in [0.25, 0.3) is 0 Å². The molecule has 0 bridgehead atoms. The molecular weight excluding hydrogens is 322 g/mol. The highest BCUT2D eigenvalue weighted by Gasteiger charge is 2.23. The Hall–Kier alpha value is -1.64. The van der Waals surface area contributed by atoms with Crippen LogP contribution in [0.1, 0.15) is 10.4 Å². The molecule has 116 valence electrons. The fourth-order valence-corrected chi connectivity index (χ4v) is 3.21. The highest BCUT2D eigenvalue weighted by atomic mass is 35.5. The third-order valence-electron chi connectivity index (χ3n) is 2.46. The molecule has 0 radical (unpaired) electrons. The maximum absolute atomic E-state index is 12.1. The van der Waals surface area contributed by atoms with E-state index in [9.17, 15) is 18.0 Å². The van der Waals surface area contributed by atoms with Gasteiger partial charge in [-0.05, 0) is 18.2 Å². The average molecular weight is 336 g/mol. The Morgan fingerprint density at radius 3 is 2.62 bits per heavy atom. The number of aromatic carboxylic acids is 1. The molecule has 1 aromatic rings. The number of methoxy groups -OCH3 is 1. The quantitative estimate of drug-likeness (QED) is 0.705. The van der Waals surface area contributed by atoms with E-state index >= 15 is 0 Å². The summed E-state index contributed by atoms with van der Waals surface area (Å²) in [6.45, 7) is 0.425. The van der Waals surface area contributed by atoms with Gasteiger partial charge in [0.2, 0.25) is 5.91 Å². The van der Waals surface area contributed by atoms with Gasteiger partial charge in [-0.25, -0.2) is 13.2 Å². The molecule has 1 aromatic carbocycles. The molecular formula is C12H14ClNO6S. The summed E-state index contributed by atoms with van der Waals surface area (Å²) in [5, 5.41) is 11.1. The number of carbonyl (C=O) groups excluding carboxylic acids is 1. The molecule has 9 heteroatoms. The van der Waals surface area contributed by atoms with Crippen LogP contribution in [0.2, 0.25) is 5.02 Å². The monoisotopic (exact) mass is 335 g/mol. The minimum atomic E-state index is -4.03. The number of amides is 1. The van der Waals surface area contributed by atoms with E-state index in [1.165, 1.54) is 19.2 Å². The van der Waals surface area contributed by atoms with Crippen LogP contribution >= 0.6 is 11.6 Å². The van der Waals surface area contributed by atoms with E-state index in [4.69, 9.17) is 21.4 Å². The molecule has 0 heterocycles. The standard InChI is InChI=1S/C12H14ClNO6S/c1-20-5-4-14-11(15)7-21(18,19)10-6-8(12(16)17)2-3-9(10)13/h2-3,6H,4-5,7H2,1H3,(H,14,15)(H,16,17). The van der Waals surface area contributed by atoms with Gasteiger partial charge in [0, 0.05) is 13.7 Å². The van der Waals surface area contributed by atoms with Gasteiger partial charge >= 0.3 is 5.97 Å². The van der Waals surface area contributed by atoms with Crippen molar-refractivity contribution < 1.29 is 27.9 Å². The van der Waals surface area contributed by atoms with E-state index in [1.54, 1.807) is 0 Å². The average Bonchev–Trinajstić information content (AvgIpc) is 2.38. The van der Waals surface area contributed by atoms with E-state index in [1.807, 2.05) is 0 Å². The van der Waals surface area contributed by atoms with Crippen molar-refractivity contribution in [1.82, 2.24) is 5.32 Å². The van der Waals surface area contributed by atoms with Gasteiger partial charge in [0.25, 0.3) is 0 Å². The summed E-state index contributed by atoms with van der Waals surface area (Å²) in [6.07, 6.45) is 0. The van der Waals surface area contributed by atoms with Crippen LogP contribution in [0.3, 0.4) is 0 Å². The van der Waals surface area contributed by atoms with E-state index in [0.717, 1.165) is 6.07 Å². The molecule has 0 spiro atoms. The van der Waals surface area contributed by atoms with Crippen molar-refractivity contribution in [3.05, 3.63) is 28.8 Å². The van der Waals surface area contributed by atoms with E-state index in [2.05, 4.69) is 5.32 Å². The fourth-order valence-electron chi connectivity index (χ4n) is 1.47. The lowest BCUT2D eigenvalue weighted by molar-refractivity contribution is -0.118. The van der Waals surface area contributed by atoms with E-state index < -0.39 is 27.5 Å². The molecule has 7 nitrogen and oxygen atoms in total. The summed E-state index contributed by atoms with van der Waals surface area (Å²) in [7, 11) is -2.59. The number of halogens is 1. The number of carboxylic acids is 1. The number of ether oxygens (including phenoxy) is 1. The Labute approximate surface area is 126 Å². The predicted octanol–water partition coefficient (Wildman–Crippen LogP) is 0.575. The van der Waals surface area contributed by atoms with Gasteiger partial charge < -0.3 is 15.2 Å². The van der Waals surface area contributed by atoms with E-state index in [0.29, 0.717) is 0 Å². The number of nitrogens with one attached hydrogen (secondary N) is 1. The molecule has 0 aromatic heterocycles. The van der Waals surface area contributed by atoms with Crippen LogP contribution in [0.5, 0.6) is 0 Å². The van der Waals surface area contributed by atoms with Gasteiger partial charge in [-0.1, -0.05) is 11.6 Å². The maximum atomic E-state index is 12.1. The van der Waals surface area contributed by atoms with Gasteiger partial charge in [-0.15, -0.1) is 0 Å². The third-order valence-corrected chi connectivity index (χ3v) is 4.55. The van der Waals surface area contributed by atoms with Crippen LogP contribution in [0, 0.1) is 0 Å². The number of rotatable bonds is 7. The number of benzene rings is 1. The first-order valence-corrected chi connectivity index (χ1v) is 7.82. The zero-order valence-corrected chi connectivity index (χ0v) is 12.7. The minimum absolute atomic E-state index is 0.135. The molecule has 0 atom stereocenters. The van der Waals surface area contributed by atoms with Crippen molar-refractivity contribution in [3.8, 4) is 0 Å². The molecule has 0 aliphatic carbocycles. The van der Waals surface area contributed by atoms with Crippen molar-refractivity contribution in [2.45, 2.75) is 4.90 Å². The molecule has 1 rings (SSSR count). The van der Waals surface area contributed by atoms with Crippen LogP contribution in [-0.4, -0.2) is 51.4 Å². The second-order valence-corrected chi connectivity index (χ2v) is 6.42. The first kappa shape index (κ1) is 17.4. The van der Waals surface area contributed by atoms with Crippen molar-refractivity contribution in [1.29, 1.82) is 0 Å². The molecule has 0 saturated heterocycles. The van der Waals surface area contributed by atoms with Crippen molar-refractivity contribution in [2.24, 2.45) is 0 Å². The lowest BCUT2D eigenvalue weighted by Crippen LogP contribution is -2.32. The molecule has 0 aliphatic rings. The summed E-state index contributed by atoms with van der Waals surface area (Å²) < 4.78 is 28.9. The summed E-state index contributed by atoms with van der Waals surface area (Å²) in [6, 6.07) is 3.28. The molecule has 0 aliphatic heterocycles. The highest BCUT2D eigenvalue weighted by molar-refractivity contribution is 7.92. The predicted molar refractivity (Wildman–Crippen MR) is 75.3 cm³/mol. The Morgan fingerprint density at radius 2 is 2.05 bits per heavy atom. The minimum Gasteiger partial charge on any atom is -0.478 e. The summed E-state index contributed by atoms with van der Waals surface area (Å²) >= 11 is 5.77. The number of sulfone groups is 1. The topological polar surface area (TPSA) is 110 Å². The maximum Gasteiger partial charge on any atom is 0.335 e. The molecule has 2 N–H and O–H groups in total. The first-order chi connectivity index (χ1) is 9.77. The SMILES string of the molecule is COCCNC(=O)CS(=O)(=O)c1cc(C(=O)O)ccc1Cl. The van der Waals surface area contributed by atoms with Gasteiger partial charge in [-0.2, -0.15) is 0 Å². The van der Waals surface area contributed by atoms with Gasteiger partial charge in [0.1, 0.15) is 5.75 Å². The van der Waals surface area contributed by atoms with Crippen LogP contribution in [0.15, 0.2) is 23.1 Å². The lowest BCUT2D eigenvalue weighted by atomic mass is 10.2. The van der Waals surface area contributed by atoms with Gasteiger partial charge in [0.05, 0.1) is 22.1 Å². The molecule has 0 unspecified atom stereocenters. The smallest absolute Gasteiger partial charge is 0.335 e. The van der Waals surface area contributed by atoms with Crippen LogP contribution < -0.4 is 5.32 Å². The number of hydrogen-bond acceptors (Lipinski definition) is 5. The number of carbonyl (C=O) groups is 2. The summed E-state index contributed by atoms with van der Waals surface area (Å²) in [5.74, 6) is -2.82. The Bertz CT molecular complexity index is 643. The molecule has 0 saturated carbocycles. The second kappa shape index (κ2) is 7.39. The summed E-state index contributed by atoms with van der Waals surface area (Å²) in [5.41, 5.74) is -0.224. The second-order valence-electron chi connectivity index (χ2n) is 4.05. The summed E-state index contributed by atoms with van der Waals surface area (Å²) in [4.78, 5) is 22.0. The zero-order chi connectivity index (χ0) is 16.0. The molecule has 1 amide bonds. The third kappa shape index (κ3) is 5.00. The lowest BCUT2D eigenvalue weighted by Gasteiger charge is -2.08. The Morgan fingerprint density at radius 1 is 1.38 bits per heavy atom. The van der Waals surface area contributed by atoms with Gasteiger partial charge in [0.15, 0.2) is 9.84 Å².